The maximum Gasteiger partial charge on any atom is 0.264 e. The van der Waals surface area contributed by atoms with Crippen LogP contribution < -0.4 is 10.2 Å². The molecule has 1 unspecified atom stereocenters. The monoisotopic (exact) mass is 819 g/mol. The number of aliphatic hydroxyl groups is 5. The van der Waals surface area contributed by atoms with Crippen LogP contribution in [-0.4, -0.2) is 115 Å². The molecule has 0 aliphatic carbocycles. The van der Waals surface area contributed by atoms with Crippen molar-refractivity contribution in [3.05, 3.63) is 94.8 Å². The van der Waals surface area contributed by atoms with E-state index in [1.165, 1.54) is 5.57 Å². The highest BCUT2D eigenvalue weighted by molar-refractivity contribution is 6.71. The first-order chi connectivity index (χ1) is 27.5. The Hall–Kier alpha value is -4.10. The molecule has 2 saturated heterocycles. The Morgan fingerprint density at radius 1 is 1.03 bits per heavy atom. The number of fused-ring (bicyclic) bond motifs is 2. The van der Waals surface area contributed by atoms with Gasteiger partial charge in [0.15, 0.2) is 26.3 Å². The van der Waals surface area contributed by atoms with Crippen LogP contribution >= 0.6 is 0 Å². The molecule has 2 fully saturated rings. The van der Waals surface area contributed by atoms with Crippen molar-refractivity contribution in [2.45, 2.75) is 120 Å². The SMILES string of the molecule is CC(C)=CCC/C(C)=C/CN1C(=O)[C@]2(O[C@H](CCn3cc(C(CO)c4ccccc4)nn3)[C@@H]([Si](C)(C)O)[C@@H]2C)c2cc(NC(=O)[C@H]3O[C@@H](O)[C@H](O)[C@@H](O)[C@@H]3O)ccc21. The average molecular weight is 820 g/mol. The van der Waals surface area contributed by atoms with Crippen LogP contribution in [0.4, 0.5) is 11.4 Å². The molecule has 0 radical (unpaired) electrons. The van der Waals surface area contributed by atoms with Gasteiger partial charge in [0.1, 0.15) is 18.3 Å². The summed E-state index contributed by atoms with van der Waals surface area (Å²) in [7, 11) is -3.04. The number of allylic oxidation sites excluding steroid dienone is 3. The van der Waals surface area contributed by atoms with Crippen molar-refractivity contribution in [2.75, 3.05) is 23.4 Å². The number of nitrogens with zero attached hydrogens (tertiary/aromatic N) is 4. The largest absolute Gasteiger partial charge is 0.432 e. The van der Waals surface area contributed by atoms with Gasteiger partial charge in [0.05, 0.1) is 30.0 Å². The van der Waals surface area contributed by atoms with Crippen LogP contribution in [0, 0.1) is 5.92 Å². The zero-order chi connectivity index (χ0) is 42.1. The van der Waals surface area contributed by atoms with E-state index in [4.69, 9.17) is 9.47 Å². The summed E-state index contributed by atoms with van der Waals surface area (Å²) in [6.07, 6.45) is -1.57. The fraction of sp³-hybridized carbons (Fsp3) is 0.524. The lowest BCUT2D eigenvalue weighted by Crippen LogP contribution is -2.60. The van der Waals surface area contributed by atoms with Crippen molar-refractivity contribution in [3.8, 4) is 0 Å². The molecule has 15 nitrogen and oxygen atoms in total. The van der Waals surface area contributed by atoms with Crippen molar-refractivity contribution in [1.82, 2.24) is 15.0 Å². The number of aromatic nitrogens is 3. The number of carbonyl (C=O) groups excluding carboxylic acids is 2. The Kier molecular flexibility index (Phi) is 13.2. The molecular formula is C42H57N5O10Si. The number of hydrogen-bond donors (Lipinski definition) is 7. The van der Waals surface area contributed by atoms with E-state index in [0.717, 1.165) is 24.0 Å². The number of hydrogen-bond acceptors (Lipinski definition) is 12. The first-order valence-corrected chi connectivity index (χ1v) is 22.9. The molecule has 7 N–H and O–H groups in total. The minimum absolute atomic E-state index is 0.146. The molecule has 58 heavy (non-hydrogen) atoms. The van der Waals surface area contributed by atoms with E-state index < -0.39 is 68.1 Å². The number of nitrogens with one attached hydrogen (secondary N) is 1. The van der Waals surface area contributed by atoms with Gasteiger partial charge in [-0.25, -0.2) is 0 Å². The normalized spacial score (nSPS) is 29.1. The van der Waals surface area contributed by atoms with Crippen LogP contribution in [0.25, 0.3) is 0 Å². The zero-order valence-corrected chi connectivity index (χ0v) is 34.9. The first kappa shape index (κ1) is 43.5. The van der Waals surface area contributed by atoms with Crippen molar-refractivity contribution in [3.63, 3.8) is 0 Å². The quantitative estimate of drug-likeness (QED) is 0.0923. The van der Waals surface area contributed by atoms with Crippen molar-refractivity contribution in [1.29, 1.82) is 0 Å². The third kappa shape index (κ3) is 8.62. The van der Waals surface area contributed by atoms with Gasteiger partial charge in [0.25, 0.3) is 11.8 Å². The fourth-order valence-corrected chi connectivity index (χ4v) is 11.3. The number of amides is 2. The van der Waals surface area contributed by atoms with E-state index in [0.29, 0.717) is 29.9 Å². The van der Waals surface area contributed by atoms with Gasteiger partial charge in [-0.1, -0.05) is 65.8 Å². The molecule has 2 amide bonds. The van der Waals surface area contributed by atoms with Crippen LogP contribution in [0.15, 0.2) is 78.0 Å². The van der Waals surface area contributed by atoms with Crippen LogP contribution in [0.2, 0.25) is 18.6 Å². The number of aliphatic hydroxyl groups excluding tert-OH is 5. The maximum absolute atomic E-state index is 15.0. The number of anilines is 2. The summed E-state index contributed by atoms with van der Waals surface area (Å²) in [5.41, 5.74) is 3.24. The second-order valence-corrected chi connectivity index (χ2v) is 20.6. The summed E-state index contributed by atoms with van der Waals surface area (Å²) in [6, 6.07) is 14.5. The highest BCUT2D eigenvalue weighted by atomic mass is 28.4. The third-order valence-electron chi connectivity index (χ3n) is 11.8. The van der Waals surface area contributed by atoms with Gasteiger partial charge < -0.3 is 50.0 Å². The van der Waals surface area contributed by atoms with Gasteiger partial charge in [-0.2, -0.15) is 0 Å². The maximum atomic E-state index is 15.0. The second kappa shape index (κ2) is 17.6. The Morgan fingerprint density at radius 2 is 1.76 bits per heavy atom. The minimum atomic E-state index is -3.04. The smallest absolute Gasteiger partial charge is 0.264 e. The highest BCUT2D eigenvalue weighted by Crippen LogP contribution is 2.60. The first-order valence-electron chi connectivity index (χ1n) is 19.9. The molecular weight excluding hydrogens is 763 g/mol. The molecule has 3 aliphatic rings. The van der Waals surface area contributed by atoms with Gasteiger partial charge in [-0.3, -0.25) is 14.3 Å². The number of ether oxygens (including phenoxy) is 2. The van der Waals surface area contributed by atoms with Crippen LogP contribution in [-0.2, 0) is 31.2 Å². The number of aryl methyl sites for hydroxylation is 1. The van der Waals surface area contributed by atoms with Gasteiger partial charge in [0, 0.05) is 42.0 Å². The molecule has 1 spiro atoms. The topological polar surface area (TPSA) is 220 Å². The molecule has 10 atom stereocenters. The summed E-state index contributed by atoms with van der Waals surface area (Å²) in [5.74, 6) is -2.04. The molecule has 0 saturated carbocycles. The van der Waals surface area contributed by atoms with Gasteiger partial charge in [0.2, 0.25) is 0 Å². The van der Waals surface area contributed by atoms with E-state index in [2.05, 4.69) is 35.6 Å². The van der Waals surface area contributed by atoms with E-state index in [1.54, 1.807) is 34.0 Å². The number of carbonyl (C=O) groups is 2. The Balaban J connectivity index is 1.32. The summed E-state index contributed by atoms with van der Waals surface area (Å²) < 4.78 is 13.9. The van der Waals surface area contributed by atoms with Gasteiger partial charge >= 0.3 is 0 Å². The van der Waals surface area contributed by atoms with Gasteiger partial charge in [-0.05, 0) is 76.9 Å². The standard InChI is InChI=1S/C42H57N5O10Si/c1-24(2)11-10-12-25(3)17-20-47-32-16-15-28(43-39(52)37-35(50)34(49)36(51)40(53)56-37)21-30(32)42(41(47)54)26(4)38(58(5,6)55)33(57-42)18-19-46-22-31(44-45-46)29(23-48)27-13-8-7-9-14-27/h7-9,11,13-17,21-22,26,29,33-38,40,48-51,53,55H,10,12,18-20,23H2,1-6H3,(H,43,52)/b25-17+/t26-,29?,33+,34-,35-,36+,37-,38-,40+,42+/m0/s1. The molecule has 4 heterocycles. The molecule has 3 aromatic rings. The summed E-state index contributed by atoms with van der Waals surface area (Å²) >= 11 is 0. The molecule has 1 aromatic heterocycles. The molecule has 2 aromatic carbocycles. The predicted octanol–water partition coefficient (Wildman–Crippen LogP) is 3.07. The van der Waals surface area contributed by atoms with E-state index >= 15 is 4.79 Å². The van der Waals surface area contributed by atoms with Gasteiger partial charge in [-0.15, -0.1) is 5.10 Å². The van der Waals surface area contributed by atoms with Crippen LogP contribution in [0.5, 0.6) is 0 Å². The second-order valence-electron chi connectivity index (χ2n) is 16.6. The lowest BCUT2D eigenvalue weighted by atomic mass is 9.82. The van der Waals surface area contributed by atoms with Crippen molar-refractivity contribution >= 4 is 31.5 Å². The van der Waals surface area contributed by atoms with Crippen LogP contribution in [0.3, 0.4) is 0 Å². The summed E-state index contributed by atoms with van der Waals surface area (Å²) in [4.78, 5) is 41.9. The number of benzene rings is 2. The molecule has 6 rings (SSSR count). The van der Waals surface area contributed by atoms with Crippen LogP contribution in [0.1, 0.15) is 69.7 Å². The van der Waals surface area contributed by atoms with E-state index in [-0.39, 0.29) is 30.7 Å². The van der Waals surface area contributed by atoms with E-state index in [9.17, 15) is 35.1 Å². The summed E-state index contributed by atoms with van der Waals surface area (Å²) in [5, 5.41) is 62.3. The molecule has 0 bridgehead atoms. The van der Waals surface area contributed by atoms with E-state index in [1.807, 2.05) is 63.3 Å². The average Bonchev–Trinajstić information content (AvgIpc) is 3.83. The molecule has 16 heteroatoms. The summed E-state index contributed by atoms with van der Waals surface area (Å²) in [6.45, 7) is 12.2. The number of rotatable bonds is 14. The Labute approximate surface area is 339 Å². The minimum Gasteiger partial charge on any atom is -0.432 e. The predicted molar refractivity (Wildman–Crippen MR) is 218 cm³/mol. The molecule has 3 aliphatic heterocycles. The Morgan fingerprint density at radius 3 is 2.43 bits per heavy atom. The van der Waals surface area contributed by atoms with Crippen molar-refractivity contribution in [2.24, 2.45) is 5.92 Å². The lowest BCUT2D eigenvalue weighted by molar-refractivity contribution is -0.274. The zero-order valence-electron chi connectivity index (χ0n) is 33.9. The molecule has 314 valence electrons. The fourth-order valence-electron chi connectivity index (χ4n) is 8.73. The Bertz CT molecular complexity index is 2000. The third-order valence-corrected chi connectivity index (χ3v) is 14.3. The lowest BCUT2D eigenvalue weighted by Gasteiger charge is -2.37. The highest BCUT2D eigenvalue weighted by Gasteiger charge is 2.66. The van der Waals surface area contributed by atoms with Crippen molar-refractivity contribution < 1.29 is 49.4 Å².